The number of fused-ring (bicyclic) bond motifs is 2. The third-order valence-corrected chi connectivity index (χ3v) is 10.5. The minimum Gasteiger partial charge on any atom is -0.480 e. The van der Waals surface area contributed by atoms with Gasteiger partial charge in [-0.2, -0.15) is 0 Å². The Morgan fingerprint density at radius 1 is 1.05 bits per heavy atom. The number of nitrogens with one attached hydrogen (secondary N) is 3. The van der Waals surface area contributed by atoms with Gasteiger partial charge < -0.3 is 15.7 Å². The Kier molecular flexibility index (Phi) is 7.05. The monoisotopic (exact) mass is 553 g/mol. The predicted octanol–water partition coefficient (Wildman–Crippen LogP) is 3.95. The summed E-state index contributed by atoms with van der Waals surface area (Å²) >= 11 is 0. The van der Waals surface area contributed by atoms with Crippen LogP contribution in [0, 0.1) is 16.7 Å². The van der Waals surface area contributed by atoms with Crippen LogP contribution in [0.3, 0.4) is 0 Å². The van der Waals surface area contributed by atoms with E-state index in [1.807, 2.05) is 44.2 Å². The molecular formula is C29H35N3O6S. The van der Waals surface area contributed by atoms with E-state index >= 15 is 0 Å². The van der Waals surface area contributed by atoms with Crippen molar-refractivity contribution in [2.24, 2.45) is 16.7 Å². The highest BCUT2D eigenvalue weighted by molar-refractivity contribution is 7.89. The average Bonchev–Trinajstić information content (AvgIpc) is 3.62. The van der Waals surface area contributed by atoms with Gasteiger partial charge in [-0.1, -0.05) is 50.2 Å². The number of aliphatic carboxylic acids is 1. The molecule has 2 bridgehead atoms. The lowest BCUT2D eigenvalue weighted by Gasteiger charge is -2.36. The number of benzene rings is 2. The van der Waals surface area contributed by atoms with Crippen LogP contribution in [0.5, 0.6) is 0 Å². The molecule has 4 N–H and O–H groups in total. The molecule has 3 aliphatic carbocycles. The zero-order valence-electron chi connectivity index (χ0n) is 22.2. The largest absolute Gasteiger partial charge is 0.480 e. The number of urea groups is 1. The molecule has 0 aromatic heterocycles. The first-order chi connectivity index (χ1) is 18.4. The third kappa shape index (κ3) is 5.58. The fourth-order valence-electron chi connectivity index (χ4n) is 6.30. The van der Waals surface area contributed by atoms with E-state index in [1.165, 1.54) is 0 Å². The maximum atomic E-state index is 13.2. The normalized spacial score (nSPS) is 24.4. The highest BCUT2D eigenvalue weighted by Crippen LogP contribution is 2.64. The summed E-state index contributed by atoms with van der Waals surface area (Å²) in [5.41, 5.74) is 1.67. The molecule has 2 aromatic carbocycles. The van der Waals surface area contributed by atoms with Crippen molar-refractivity contribution in [2.75, 3.05) is 11.1 Å². The summed E-state index contributed by atoms with van der Waals surface area (Å²) in [6.07, 6.45) is 3.70. The van der Waals surface area contributed by atoms with Gasteiger partial charge in [-0.25, -0.2) is 17.9 Å². The fraction of sp³-hybridized carbons (Fsp3) is 0.483. The molecule has 5 rings (SSSR count). The molecule has 10 heteroatoms. The molecule has 3 atom stereocenters. The number of carbonyl (C=O) groups is 3. The van der Waals surface area contributed by atoms with E-state index in [2.05, 4.69) is 15.4 Å². The summed E-state index contributed by atoms with van der Waals surface area (Å²) in [7, 11) is -4.04. The van der Waals surface area contributed by atoms with Crippen LogP contribution >= 0.6 is 0 Å². The molecule has 0 spiro atoms. The van der Waals surface area contributed by atoms with Crippen molar-refractivity contribution in [1.29, 1.82) is 0 Å². The molecule has 2 unspecified atom stereocenters. The van der Waals surface area contributed by atoms with Crippen LogP contribution in [0.1, 0.15) is 51.5 Å². The number of Topliss-reactive ketones (excluding diaryl/α,β-unsaturated/α-hetero) is 1. The summed E-state index contributed by atoms with van der Waals surface area (Å²) in [6, 6.07) is 13.3. The van der Waals surface area contributed by atoms with Gasteiger partial charge in [0.15, 0.2) is 0 Å². The molecule has 0 saturated heterocycles. The van der Waals surface area contributed by atoms with Gasteiger partial charge >= 0.3 is 12.0 Å². The predicted molar refractivity (Wildman–Crippen MR) is 148 cm³/mol. The molecule has 3 fully saturated rings. The number of carbonyl (C=O) groups excluding carboxylic acids is 2. The van der Waals surface area contributed by atoms with E-state index < -0.39 is 32.9 Å². The third-order valence-electron chi connectivity index (χ3n) is 8.96. The Labute approximate surface area is 228 Å². The molecule has 2 amide bonds. The SMILES string of the molecule is CC1(C)C2CCC1(CS(=O)(=O)N[C@@H](Cc1ccc(-c3cccc(NC(=O)NC4CC4)c3)cc1)C(=O)O)C(=O)C2. The topological polar surface area (TPSA) is 142 Å². The Bertz CT molecular complexity index is 1400. The van der Waals surface area contributed by atoms with Crippen molar-refractivity contribution in [3.05, 3.63) is 54.1 Å². The number of carboxylic acids is 1. The Morgan fingerprint density at radius 3 is 2.36 bits per heavy atom. The first-order valence-electron chi connectivity index (χ1n) is 13.4. The molecule has 9 nitrogen and oxygen atoms in total. The van der Waals surface area contributed by atoms with Crippen molar-refractivity contribution in [3.63, 3.8) is 0 Å². The molecule has 2 aromatic rings. The van der Waals surface area contributed by atoms with E-state index in [-0.39, 0.29) is 35.9 Å². The Balaban J connectivity index is 1.25. The van der Waals surface area contributed by atoms with Crippen LogP contribution in [-0.4, -0.2) is 49.1 Å². The quantitative estimate of drug-likeness (QED) is 0.351. The second-order valence-electron chi connectivity index (χ2n) is 11.8. The summed E-state index contributed by atoms with van der Waals surface area (Å²) < 4.78 is 28.7. The minimum absolute atomic E-state index is 0.0283. The number of rotatable bonds is 10. The second kappa shape index (κ2) is 10.1. The van der Waals surface area contributed by atoms with Crippen LogP contribution in [0.2, 0.25) is 0 Å². The number of hydrogen-bond donors (Lipinski definition) is 4. The molecule has 0 heterocycles. The van der Waals surface area contributed by atoms with Crippen molar-refractivity contribution >= 4 is 33.5 Å². The lowest BCUT2D eigenvalue weighted by atomic mass is 9.70. The lowest BCUT2D eigenvalue weighted by Crippen LogP contribution is -2.49. The van der Waals surface area contributed by atoms with Gasteiger partial charge in [-0.15, -0.1) is 0 Å². The first-order valence-corrected chi connectivity index (χ1v) is 15.1. The molecule has 3 aliphatic rings. The maximum absolute atomic E-state index is 13.2. The average molecular weight is 554 g/mol. The lowest BCUT2D eigenvalue weighted by molar-refractivity contribution is -0.138. The van der Waals surface area contributed by atoms with Crippen molar-refractivity contribution in [3.8, 4) is 11.1 Å². The summed E-state index contributed by atoms with van der Waals surface area (Å²) in [5, 5.41) is 15.5. The van der Waals surface area contributed by atoms with Crippen molar-refractivity contribution < 1.29 is 27.9 Å². The minimum atomic E-state index is -4.04. The van der Waals surface area contributed by atoms with E-state index in [0.717, 1.165) is 30.4 Å². The molecule has 39 heavy (non-hydrogen) atoms. The van der Waals surface area contributed by atoms with Gasteiger partial charge in [0, 0.05) is 23.6 Å². The van der Waals surface area contributed by atoms with Crippen LogP contribution < -0.4 is 15.4 Å². The first kappa shape index (κ1) is 27.3. The molecule has 208 valence electrons. The van der Waals surface area contributed by atoms with Crippen molar-refractivity contribution in [2.45, 2.75) is 64.5 Å². The second-order valence-corrected chi connectivity index (χ2v) is 13.5. The summed E-state index contributed by atoms with van der Waals surface area (Å²) in [4.78, 5) is 36.9. The van der Waals surface area contributed by atoms with Crippen LogP contribution in [0.25, 0.3) is 11.1 Å². The van der Waals surface area contributed by atoms with Crippen LogP contribution in [0.4, 0.5) is 10.5 Å². The highest BCUT2D eigenvalue weighted by atomic mass is 32.2. The molecular weight excluding hydrogens is 518 g/mol. The van der Waals surface area contributed by atoms with E-state index in [1.54, 1.807) is 18.2 Å². The van der Waals surface area contributed by atoms with E-state index in [4.69, 9.17) is 0 Å². The number of carboxylic acid groups (broad SMARTS) is 1. The van der Waals surface area contributed by atoms with Gasteiger partial charge in [0.2, 0.25) is 10.0 Å². The standard InChI is InChI=1S/C29H35N3O6S/c1-28(2)21-12-13-29(28,25(33)16-21)17-39(37,38)32-24(26(34)35)14-18-6-8-19(9-7-18)20-4-3-5-23(15-20)31-27(36)30-22-10-11-22/h3-9,15,21-22,24,32H,10-14,16-17H2,1-2H3,(H,34,35)(H2,30,31,36)/t21?,24-,29?/m0/s1. The molecule has 0 aliphatic heterocycles. The number of anilines is 1. The van der Waals surface area contributed by atoms with Crippen molar-refractivity contribution in [1.82, 2.24) is 10.0 Å². The van der Waals surface area contributed by atoms with E-state index in [0.29, 0.717) is 24.1 Å². The maximum Gasteiger partial charge on any atom is 0.322 e. The van der Waals surface area contributed by atoms with Gasteiger partial charge in [0.1, 0.15) is 11.8 Å². The number of hydrogen-bond acceptors (Lipinski definition) is 5. The Morgan fingerprint density at radius 2 is 1.77 bits per heavy atom. The van der Waals surface area contributed by atoms with E-state index in [9.17, 15) is 27.9 Å². The highest BCUT2D eigenvalue weighted by Gasteiger charge is 2.65. The smallest absolute Gasteiger partial charge is 0.322 e. The number of ketones is 1. The fourth-order valence-corrected chi connectivity index (χ4v) is 8.32. The number of amides is 2. The van der Waals surface area contributed by atoms with Gasteiger partial charge in [-0.05, 0) is 72.3 Å². The van der Waals surface area contributed by atoms with Gasteiger partial charge in [-0.3, -0.25) is 9.59 Å². The Hall–Kier alpha value is -3.24. The zero-order valence-corrected chi connectivity index (χ0v) is 23.0. The summed E-state index contributed by atoms with van der Waals surface area (Å²) in [5.74, 6) is -1.51. The number of sulfonamides is 1. The molecule has 3 saturated carbocycles. The molecule has 0 radical (unpaired) electrons. The zero-order chi connectivity index (χ0) is 28.0. The van der Waals surface area contributed by atoms with Crippen LogP contribution in [0.15, 0.2) is 48.5 Å². The van der Waals surface area contributed by atoms with Crippen LogP contribution in [-0.2, 0) is 26.0 Å². The summed E-state index contributed by atoms with van der Waals surface area (Å²) in [6.45, 7) is 3.91. The van der Waals surface area contributed by atoms with Gasteiger partial charge in [0.05, 0.1) is 5.75 Å². The van der Waals surface area contributed by atoms with Gasteiger partial charge in [0.25, 0.3) is 0 Å².